The summed E-state index contributed by atoms with van der Waals surface area (Å²) in [5.41, 5.74) is 3.78. The van der Waals surface area contributed by atoms with Gasteiger partial charge in [0.05, 0.1) is 0 Å². The van der Waals surface area contributed by atoms with Crippen LogP contribution in [0.2, 0.25) is 0 Å². The summed E-state index contributed by atoms with van der Waals surface area (Å²) >= 11 is 0. The Bertz CT molecular complexity index is 997. The smallest absolute Gasteiger partial charge is 0.243 e. The number of para-hydroxylation sites is 1. The molecule has 0 unspecified atom stereocenters. The van der Waals surface area contributed by atoms with Crippen molar-refractivity contribution < 1.29 is 0 Å². The summed E-state index contributed by atoms with van der Waals surface area (Å²) in [5, 5.41) is 17.6. The number of anilines is 1. The van der Waals surface area contributed by atoms with Crippen LogP contribution in [0.5, 0.6) is 0 Å². The van der Waals surface area contributed by atoms with Gasteiger partial charge in [-0.15, -0.1) is 0 Å². The summed E-state index contributed by atoms with van der Waals surface area (Å²) in [6.45, 7) is 6.62. The van der Waals surface area contributed by atoms with Crippen LogP contribution in [-0.2, 0) is 19.6 Å². The minimum Gasteiger partial charge on any atom is -0.349 e. The Labute approximate surface area is 140 Å². The summed E-state index contributed by atoms with van der Waals surface area (Å²) < 4.78 is 4.11. The highest BCUT2D eigenvalue weighted by atomic mass is 15.6. The second kappa shape index (κ2) is 5.96. The van der Waals surface area contributed by atoms with Gasteiger partial charge in [0.25, 0.3) is 0 Å². The molecule has 4 aromatic rings. The highest BCUT2D eigenvalue weighted by Crippen LogP contribution is 2.29. The number of tetrazole rings is 1. The van der Waals surface area contributed by atoms with Crippen molar-refractivity contribution in [3.8, 4) is 0 Å². The molecule has 0 radical (unpaired) electrons. The minimum atomic E-state index is 0.696. The molecule has 0 saturated heterocycles. The molecule has 4 rings (SSSR count). The van der Waals surface area contributed by atoms with Gasteiger partial charge in [0.2, 0.25) is 5.95 Å². The van der Waals surface area contributed by atoms with Crippen molar-refractivity contribution in [2.24, 2.45) is 0 Å². The van der Waals surface area contributed by atoms with Gasteiger partial charge in [-0.2, -0.15) is 0 Å². The van der Waals surface area contributed by atoms with E-state index in [4.69, 9.17) is 0 Å². The fourth-order valence-electron chi connectivity index (χ4n) is 3.28. The predicted molar refractivity (Wildman–Crippen MR) is 95.9 cm³/mol. The van der Waals surface area contributed by atoms with Gasteiger partial charge in [-0.1, -0.05) is 29.4 Å². The number of aromatic nitrogens is 5. The Kier molecular flexibility index (Phi) is 3.65. The van der Waals surface area contributed by atoms with Crippen molar-refractivity contribution in [2.75, 3.05) is 5.32 Å². The molecule has 0 bridgehead atoms. The molecular weight excluding hydrogens is 300 g/mol. The molecule has 0 spiro atoms. The fraction of sp³-hybridized carbons (Fsp3) is 0.278. The molecule has 2 aromatic heterocycles. The molecule has 0 fully saturated rings. The Morgan fingerprint density at radius 2 is 1.79 bits per heavy atom. The third-order valence-electron chi connectivity index (χ3n) is 4.44. The SMILES string of the molecule is CCn1nnnc1NCc1ccc2c(c1)c1ccccc1n2CC. The number of nitrogens with zero attached hydrogens (tertiary/aromatic N) is 5. The Morgan fingerprint density at radius 3 is 2.62 bits per heavy atom. The fourth-order valence-corrected chi connectivity index (χ4v) is 3.28. The van der Waals surface area contributed by atoms with Gasteiger partial charge >= 0.3 is 0 Å². The lowest BCUT2D eigenvalue weighted by atomic mass is 10.1. The van der Waals surface area contributed by atoms with Gasteiger partial charge in [-0.3, -0.25) is 0 Å². The van der Waals surface area contributed by atoms with Crippen molar-refractivity contribution in [3.05, 3.63) is 48.0 Å². The van der Waals surface area contributed by atoms with Crippen molar-refractivity contribution in [2.45, 2.75) is 33.5 Å². The predicted octanol–water partition coefficient (Wildman–Crippen LogP) is 3.43. The first-order chi connectivity index (χ1) is 11.8. The lowest BCUT2D eigenvalue weighted by molar-refractivity contribution is 0.629. The normalized spacial score (nSPS) is 11.4. The molecule has 2 aromatic carbocycles. The van der Waals surface area contributed by atoms with E-state index in [2.05, 4.69) is 74.8 Å². The van der Waals surface area contributed by atoms with Crippen LogP contribution in [0.3, 0.4) is 0 Å². The number of fused-ring (bicyclic) bond motifs is 3. The summed E-state index contributed by atoms with van der Waals surface area (Å²) in [6, 6.07) is 15.2. The second-order valence-corrected chi connectivity index (χ2v) is 5.78. The van der Waals surface area contributed by atoms with E-state index in [0.29, 0.717) is 12.5 Å². The molecule has 1 N–H and O–H groups in total. The highest BCUT2D eigenvalue weighted by molar-refractivity contribution is 6.08. The van der Waals surface area contributed by atoms with Gasteiger partial charge in [0.15, 0.2) is 0 Å². The molecule has 0 aliphatic heterocycles. The van der Waals surface area contributed by atoms with Crippen LogP contribution in [0.15, 0.2) is 42.5 Å². The van der Waals surface area contributed by atoms with E-state index in [1.54, 1.807) is 4.68 Å². The summed E-state index contributed by atoms with van der Waals surface area (Å²) in [5.74, 6) is 0.702. The first-order valence-corrected chi connectivity index (χ1v) is 8.31. The van der Waals surface area contributed by atoms with Gasteiger partial charge in [-0.05, 0) is 48.0 Å². The first kappa shape index (κ1) is 14.7. The molecule has 24 heavy (non-hydrogen) atoms. The maximum Gasteiger partial charge on any atom is 0.243 e. The van der Waals surface area contributed by atoms with Crippen LogP contribution in [0.25, 0.3) is 21.8 Å². The van der Waals surface area contributed by atoms with Gasteiger partial charge in [0.1, 0.15) is 0 Å². The number of hydrogen-bond donors (Lipinski definition) is 1. The van der Waals surface area contributed by atoms with Crippen LogP contribution < -0.4 is 5.32 Å². The summed E-state index contributed by atoms with van der Waals surface area (Å²) in [4.78, 5) is 0. The third-order valence-corrected chi connectivity index (χ3v) is 4.44. The number of nitrogens with one attached hydrogen (secondary N) is 1. The van der Waals surface area contributed by atoms with Crippen molar-refractivity contribution in [3.63, 3.8) is 0 Å². The average molecular weight is 320 g/mol. The Balaban J connectivity index is 1.72. The number of aryl methyl sites for hydroxylation is 2. The Morgan fingerprint density at radius 1 is 0.958 bits per heavy atom. The standard InChI is InChI=1S/C18H20N6/c1-3-23-16-8-6-5-7-14(16)15-11-13(9-10-17(15)23)12-19-18-20-21-22-24(18)4-2/h5-11H,3-4,12H2,1-2H3,(H,19,20,22). The maximum atomic E-state index is 4.02. The van der Waals surface area contributed by atoms with E-state index < -0.39 is 0 Å². The molecular formula is C18H20N6. The third kappa shape index (κ3) is 2.31. The van der Waals surface area contributed by atoms with E-state index >= 15 is 0 Å². The van der Waals surface area contributed by atoms with Crippen LogP contribution >= 0.6 is 0 Å². The van der Waals surface area contributed by atoms with E-state index in [-0.39, 0.29) is 0 Å². The van der Waals surface area contributed by atoms with E-state index in [9.17, 15) is 0 Å². The van der Waals surface area contributed by atoms with E-state index in [1.807, 2.05) is 6.92 Å². The van der Waals surface area contributed by atoms with Gasteiger partial charge in [0, 0.05) is 41.4 Å². The number of rotatable bonds is 5. The molecule has 6 nitrogen and oxygen atoms in total. The molecule has 0 aliphatic rings. The van der Waals surface area contributed by atoms with Crippen molar-refractivity contribution in [1.82, 2.24) is 24.8 Å². The van der Waals surface area contributed by atoms with Crippen molar-refractivity contribution in [1.29, 1.82) is 0 Å². The zero-order chi connectivity index (χ0) is 16.5. The minimum absolute atomic E-state index is 0.696. The van der Waals surface area contributed by atoms with Crippen LogP contribution in [0.4, 0.5) is 5.95 Å². The molecule has 6 heteroatoms. The molecule has 0 amide bonds. The summed E-state index contributed by atoms with van der Waals surface area (Å²) in [6.07, 6.45) is 0. The van der Waals surface area contributed by atoms with Crippen LogP contribution in [-0.4, -0.2) is 24.8 Å². The zero-order valence-corrected chi connectivity index (χ0v) is 13.9. The van der Waals surface area contributed by atoms with Crippen LogP contribution in [0.1, 0.15) is 19.4 Å². The molecule has 0 aliphatic carbocycles. The first-order valence-electron chi connectivity index (χ1n) is 8.31. The summed E-state index contributed by atoms with van der Waals surface area (Å²) in [7, 11) is 0. The Hall–Kier alpha value is -2.89. The van der Waals surface area contributed by atoms with E-state index in [1.165, 1.54) is 27.4 Å². The topological polar surface area (TPSA) is 60.6 Å². The largest absolute Gasteiger partial charge is 0.349 e. The highest BCUT2D eigenvalue weighted by Gasteiger charge is 2.10. The van der Waals surface area contributed by atoms with Crippen LogP contribution in [0, 0.1) is 0 Å². The number of hydrogen-bond acceptors (Lipinski definition) is 4. The lowest BCUT2D eigenvalue weighted by Gasteiger charge is -2.07. The maximum absolute atomic E-state index is 4.02. The molecule has 0 saturated carbocycles. The van der Waals surface area contributed by atoms with Crippen molar-refractivity contribution >= 4 is 27.8 Å². The average Bonchev–Trinajstić information content (AvgIpc) is 3.21. The molecule has 122 valence electrons. The number of benzene rings is 2. The van der Waals surface area contributed by atoms with E-state index in [0.717, 1.165) is 13.1 Å². The second-order valence-electron chi connectivity index (χ2n) is 5.78. The molecule has 2 heterocycles. The lowest BCUT2D eigenvalue weighted by Crippen LogP contribution is -2.07. The monoisotopic (exact) mass is 320 g/mol. The molecule has 0 atom stereocenters. The van der Waals surface area contributed by atoms with Gasteiger partial charge in [-0.25, -0.2) is 4.68 Å². The zero-order valence-electron chi connectivity index (χ0n) is 13.9. The quantitative estimate of drug-likeness (QED) is 0.612. The van der Waals surface area contributed by atoms with Gasteiger partial charge < -0.3 is 9.88 Å².